The van der Waals surface area contributed by atoms with Crippen LogP contribution >= 0.6 is 0 Å². The van der Waals surface area contributed by atoms with Gasteiger partial charge >= 0.3 is 6.18 Å². The maximum Gasteiger partial charge on any atom is 0.416 e. The zero-order valence-corrected chi connectivity index (χ0v) is 13.3. The summed E-state index contributed by atoms with van der Waals surface area (Å²) in [6, 6.07) is 4.66. The van der Waals surface area contributed by atoms with E-state index < -0.39 is 27.5 Å². The lowest BCUT2D eigenvalue weighted by atomic mass is 10.1. The third-order valence-electron chi connectivity index (χ3n) is 4.57. The Bertz CT molecular complexity index is 662. The van der Waals surface area contributed by atoms with Gasteiger partial charge in [-0.15, -0.1) is 0 Å². The van der Waals surface area contributed by atoms with Gasteiger partial charge in [-0.25, -0.2) is 8.42 Å². The van der Waals surface area contributed by atoms with Crippen molar-refractivity contribution in [3.8, 4) is 0 Å². The van der Waals surface area contributed by atoms with Crippen LogP contribution in [0.5, 0.6) is 0 Å². The van der Waals surface area contributed by atoms with Crippen molar-refractivity contribution in [2.75, 3.05) is 13.1 Å². The molecule has 2 fully saturated rings. The molecule has 2 aliphatic heterocycles. The zero-order chi connectivity index (χ0) is 16.7. The topological polar surface area (TPSA) is 49.4 Å². The lowest BCUT2D eigenvalue weighted by molar-refractivity contribution is -0.138. The molecule has 2 bridgehead atoms. The molecule has 2 aliphatic rings. The summed E-state index contributed by atoms with van der Waals surface area (Å²) in [5.41, 5.74) is -1.06. The SMILES string of the molecule is O=S(=O)(Cc1ccccc1C(F)(F)F)N1C2CCNCC1CC2. The molecule has 8 heteroatoms. The molecule has 3 rings (SSSR count). The number of hydrogen-bond acceptors (Lipinski definition) is 3. The van der Waals surface area contributed by atoms with Crippen LogP contribution in [0.15, 0.2) is 24.3 Å². The number of nitrogens with zero attached hydrogens (tertiary/aromatic N) is 1. The van der Waals surface area contributed by atoms with Crippen LogP contribution in [0.4, 0.5) is 13.2 Å². The van der Waals surface area contributed by atoms with Crippen molar-refractivity contribution in [2.45, 2.75) is 43.3 Å². The quantitative estimate of drug-likeness (QED) is 0.912. The van der Waals surface area contributed by atoms with Crippen molar-refractivity contribution in [3.05, 3.63) is 35.4 Å². The molecule has 1 aromatic carbocycles. The van der Waals surface area contributed by atoms with Gasteiger partial charge in [0.1, 0.15) is 0 Å². The molecule has 2 unspecified atom stereocenters. The molecule has 0 amide bonds. The standard InChI is InChI=1S/C15H19F3N2O2S/c16-15(17,18)14-4-2-1-3-11(14)10-23(21,22)20-12-5-6-13(20)9-19-8-7-12/h1-4,12-13,19H,5-10H2. The Kier molecular flexibility index (Phi) is 4.41. The van der Waals surface area contributed by atoms with Crippen LogP contribution in [0.3, 0.4) is 0 Å². The molecule has 0 saturated carbocycles. The van der Waals surface area contributed by atoms with Gasteiger partial charge in [0.15, 0.2) is 0 Å². The van der Waals surface area contributed by atoms with Crippen LogP contribution in [0, 0.1) is 0 Å². The van der Waals surface area contributed by atoms with E-state index >= 15 is 0 Å². The summed E-state index contributed by atoms with van der Waals surface area (Å²) >= 11 is 0. The fourth-order valence-electron chi connectivity index (χ4n) is 3.59. The fraction of sp³-hybridized carbons (Fsp3) is 0.600. The Hall–Kier alpha value is -1.12. The minimum Gasteiger partial charge on any atom is -0.315 e. The average molecular weight is 348 g/mol. The second-order valence-electron chi connectivity index (χ2n) is 6.12. The molecule has 2 atom stereocenters. The number of nitrogens with one attached hydrogen (secondary N) is 1. The van der Waals surface area contributed by atoms with Crippen molar-refractivity contribution in [3.63, 3.8) is 0 Å². The third kappa shape index (κ3) is 3.39. The predicted octanol–water partition coefficient (Wildman–Crippen LogP) is 2.36. The van der Waals surface area contributed by atoms with E-state index in [-0.39, 0.29) is 17.6 Å². The lowest BCUT2D eigenvalue weighted by Crippen LogP contribution is -2.43. The van der Waals surface area contributed by atoms with E-state index in [0.717, 1.165) is 25.5 Å². The first-order chi connectivity index (χ1) is 10.8. The molecule has 23 heavy (non-hydrogen) atoms. The Morgan fingerprint density at radius 1 is 1.13 bits per heavy atom. The summed E-state index contributed by atoms with van der Waals surface area (Å²) in [6.45, 7) is 1.31. The number of hydrogen-bond donors (Lipinski definition) is 1. The Labute approximate surface area is 133 Å². The Morgan fingerprint density at radius 2 is 1.83 bits per heavy atom. The monoisotopic (exact) mass is 348 g/mol. The number of fused-ring (bicyclic) bond motifs is 2. The molecule has 2 saturated heterocycles. The van der Waals surface area contributed by atoms with Gasteiger partial charge in [-0.1, -0.05) is 18.2 Å². The summed E-state index contributed by atoms with van der Waals surface area (Å²) in [4.78, 5) is 0. The predicted molar refractivity (Wildman–Crippen MR) is 80.2 cm³/mol. The second kappa shape index (κ2) is 6.07. The normalized spacial score (nSPS) is 26.2. The zero-order valence-electron chi connectivity index (χ0n) is 12.5. The summed E-state index contributed by atoms with van der Waals surface area (Å²) in [7, 11) is -3.79. The van der Waals surface area contributed by atoms with Crippen LogP contribution in [-0.2, 0) is 22.0 Å². The lowest BCUT2D eigenvalue weighted by Gasteiger charge is -2.27. The summed E-state index contributed by atoms with van der Waals surface area (Å²) in [5.74, 6) is -0.602. The molecule has 1 N–H and O–H groups in total. The number of alkyl halides is 3. The summed E-state index contributed by atoms with van der Waals surface area (Å²) in [5, 5.41) is 3.19. The second-order valence-corrected chi connectivity index (χ2v) is 7.99. The van der Waals surface area contributed by atoms with Gasteiger partial charge in [0.25, 0.3) is 0 Å². The smallest absolute Gasteiger partial charge is 0.315 e. The van der Waals surface area contributed by atoms with Crippen molar-refractivity contribution < 1.29 is 21.6 Å². The van der Waals surface area contributed by atoms with Crippen LogP contribution in [0.2, 0.25) is 0 Å². The molecule has 0 aliphatic carbocycles. The van der Waals surface area contributed by atoms with Gasteiger partial charge in [-0.2, -0.15) is 17.5 Å². The summed E-state index contributed by atoms with van der Waals surface area (Å²) < 4.78 is 66.2. The van der Waals surface area contributed by atoms with E-state index in [1.807, 2.05) is 0 Å². The van der Waals surface area contributed by atoms with E-state index in [4.69, 9.17) is 0 Å². The highest BCUT2D eigenvalue weighted by molar-refractivity contribution is 7.88. The first kappa shape index (κ1) is 16.7. The molecule has 2 heterocycles. The highest BCUT2D eigenvalue weighted by atomic mass is 32.2. The van der Waals surface area contributed by atoms with Gasteiger partial charge in [-0.3, -0.25) is 0 Å². The minimum atomic E-state index is -4.55. The van der Waals surface area contributed by atoms with Gasteiger partial charge in [0.2, 0.25) is 10.0 Å². The van der Waals surface area contributed by atoms with Gasteiger partial charge in [-0.05, 0) is 37.4 Å². The maximum absolute atomic E-state index is 13.1. The van der Waals surface area contributed by atoms with Crippen molar-refractivity contribution in [1.29, 1.82) is 0 Å². The fourth-order valence-corrected chi connectivity index (χ4v) is 5.68. The van der Waals surface area contributed by atoms with Gasteiger partial charge < -0.3 is 5.32 Å². The molecule has 0 aromatic heterocycles. The van der Waals surface area contributed by atoms with Crippen LogP contribution < -0.4 is 5.32 Å². The maximum atomic E-state index is 13.1. The van der Waals surface area contributed by atoms with Crippen molar-refractivity contribution in [2.24, 2.45) is 0 Å². The van der Waals surface area contributed by atoms with E-state index in [9.17, 15) is 21.6 Å². The first-order valence-electron chi connectivity index (χ1n) is 7.66. The molecule has 0 spiro atoms. The minimum absolute atomic E-state index is 0.0990. The molecule has 1 aromatic rings. The van der Waals surface area contributed by atoms with Crippen molar-refractivity contribution in [1.82, 2.24) is 9.62 Å². The average Bonchev–Trinajstić information content (AvgIpc) is 2.72. The van der Waals surface area contributed by atoms with E-state index in [0.29, 0.717) is 13.0 Å². The van der Waals surface area contributed by atoms with E-state index in [2.05, 4.69) is 5.32 Å². The highest BCUT2D eigenvalue weighted by Crippen LogP contribution is 2.35. The van der Waals surface area contributed by atoms with Crippen molar-refractivity contribution >= 4 is 10.0 Å². The number of benzene rings is 1. The molecule has 4 nitrogen and oxygen atoms in total. The number of halogens is 3. The number of sulfonamides is 1. The van der Waals surface area contributed by atoms with Gasteiger partial charge in [0, 0.05) is 18.6 Å². The molecular formula is C15H19F3N2O2S. The Morgan fingerprint density at radius 3 is 2.57 bits per heavy atom. The first-order valence-corrected chi connectivity index (χ1v) is 9.27. The number of rotatable bonds is 3. The van der Waals surface area contributed by atoms with E-state index in [1.54, 1.807) is 0 Å². The third-order valence-corrected chi connectivity index (χ3v) is 6.48. The summed E-state index contributed by atoms with van der Waals surface area (Å²) in [6.07, 6.45) is -2.30. The van der Waals surface area contributed by atoms with Crippen LogP contribution in [0.1, 0.15) is 30.4 Å². The largest absolute Gasteiger partial charge is 0.416 e. The molecule has 128 valence electrons. The molecular weight excluding hydrogens is 329 g/mol. The Balaban J connectivity index is 1.91. The van der Waals surface area contributed by atoms with E-state index in [1.165, 1.54) is 22.5 Å². The van der Waals surface area contributed by atoms with Crippen LogP contribution in [-0.4, -0.2) is 37.9 Å². The van der Waals surface area contributed by atoms with Crippen LogP contribution in [0.25, 0.3) is 0 Å². The molecule has 0 radical (unpaired) electrons. The highest BCUT2D eigenvalue weighted by Gasteiger charge is 2.43. The van der Waals surface area contributed by atoms with Gasteiger partial charge in [0.05, 0.1) is 11.3 Å².